The lowest BCUT2D eigenvalue weighted by Crippen LogP contribution is -2.32. The molecule has 0 spiro atoms. The van der Waals surface area contributed by atoms with Crippen molar-refractivity contribution >= 4 is 46.5 Å². The Hall–Kier alpha value is -1.24. The summed E-state index contributed by atoms with van der Waals surface area (Å²) in [5.74, 6) is -0.00807. The highest BCUT2D eigenvalue weighted by atomic mass is 35.5. The highest BCUT2D eigenvalue weighted by molar-refractivity contribution is 8.00. The third-order valence-electron chi connectivity index (χ3n) is 4.18. The van der Waals surface area contributed by atoms with Gasteiger partial charge in [-0.2, -0.15) is 0 Å². The Morgan fingerprint density at radius 3 is 3.00 bits per heavy atom. The van der Waals surface area contributed by atoms with Crippen LogP contribution >= 0.6 is 35.0 Å². The largest absolute Gasteiger partial charge is 0.355 e. The molecule has 5 nitrogen and oxygen atoms in total. The lowest BCUT2D eigenvalue weighted by atomic mass is 9.97. The van der Waals surface area contributed by atoms with E-state index in [-0.39, 0.29) is 11.2 Å². The number of hydrogen-bond donors (Lipinski definition) is 1. The molecule has 0 saturated carbocycles. The number of aromatic nitrogens is 3. The number of amides is 1. The number of carbonyl (C=O) groups is 1. The normalized spacial score (nSPS) is 15.9. The Morgan fingerprint density at radius 1 is 1.40 bits per heavy atom. The summed E-state index contributed by atoms with van der Waals surface area (Å²) in [6.45, 7) is 2.53. The lowest BCUT2D eigenvalue weighted by Gasteiger charge is -2.14. The van der Waals surface area contributed by atoms with Crippen molar-refractivity contribution in [1.82, 2.24) is 19.9 Å². The first-order chi connectivity index (χ1) is 12.0. The van der Waals surface area contributed by atoms with Crippen molar-refractivity contribution in [2.24, 2.45) is 0 Å². The Bertz CT molecular complexity index is 805. The van der Waals surface area contributed by atoms with Crippen molar-refractivity contribution in [2.75, 3.05) is 6.54 Å². The van der Waals surface area contributed by atoms with E-state index in [0.29, 0.717) is 27.4 Å². The first-order valence-electron chi connectivity index (χ1n) is 8.36. The van der Waals surface area contributed by atoms with Crippen LogP contribution in [0.15, 0.2) is 29.1 Å². The van der Waals surface area contributed by atoms with E-state index >= 15 is 0 Å². The van der Waals surface area contributed by atoms with Gasteiger partial charge in [0.15, 0.2) is 10.8 Å². The summed E-state index contributed by atoms with van der Waals surface area (Å²) in [4.78, 5) is 12.3. The molecule has 1 aliphatic rings. The van der Waals surface area contributed by atoms with Gasteiger partial charge in [-0.3, -0.25) is 9.20 Å². The third-order valence-corrected chi connectivity index (χ3v) is 5.72. The Morgan fingerprint density at radius 2 is 2.24 bits per heavy atom. The fourth-order valence-corrected chi connectivity index (χ4v) is 4.17. The van der Waals surface area contributed by atoms with E-state index in [1.165, 1.54) is 36.6 Å². The van der Waals surface area contributed by atoms with Crippen LogP contribution in [0.4, 0.5) is 0 Å². The number of halogens is 2. The van der Waals surface area contributed by atoms with Crippen molar-refractivity contribution in [3.8, 4) is 0 Å². The number of nitrogens with one attached hydrogen (secondary N) is 1. The van der Waals surface area contributed by atoms with Crippen molar-refractivity contribution < 1.29 is 4.79 Å². The van der Waals surface area contributed by atoms with Gasteiger partial charge < -0.3 is 5.32 Å². The minimum absolute atomic E-state index is 0.00807. The summed E-state index contributed by atoms with van der Waals surface area (Å²) >= 11 is 13.5. The molecule has 2 heterocycles. The van der Waals surface area contributed by atoms with Gasteiger partial charge >= 0.3 is 0 Å². The van der Waals surface area contributed by atoms with Gasteiger partial charge in [-0.05, 0) is 45.1 Å². The molecular weight excluding hydrogens is 379 g/mol. The molecule has 0 bridgehead atoms. The molecule has 2 aromatic rings. The second-order valence-corrected chi connectivity index (χ2v) is 8.24. The van der Waals surface area contributed by atoms with E-state index in [2.05, 4.69) is 21.6 Å². The third kappa shape index (κ3) is 4.68. The Balaban J connectivity index is 1.57. The maximum absolute atomic E-state index is 12.3. The minimum atomic E-state index is -0.287. The molecule has 0 aromatic carbocycles. The molecule has 8 heteroatoms. The maximum Gasteiger partial charge on any atom is 0.233 e. The van der Waals surface area contributed by atoms with E-state index in [1.54, 1.807) is 16.7 Å². The fraction of sp³-hybridized carbons (Fsp3) is 0.471. The topological polar surface area (TPSA) is 59.3 Å². The zero-order valence-electron chi connectivity index (χ0n) is 14.0. The standard InChI is InChI=1S/C17H20Cl2N4OS/c1-11(16(24)20-8-7-12-5-3-2-4-6-12)25-17-22-21-15-14(19)9-13(18)10-23(15)17/h5,9-11H,2-4,6-8H2,1H3,(H,20,24)/t11-/m0/s1. The fourth-order valence-electron chi connectivity index (χ4n) is 2.82. The number of thioether (sulfide) groups is 1. The number of hydrogen-bond acceptors (Lipinski definition) is 4. The van der Waals surface area contributed by atoms with E-state index in [9.17, 15) is 4.79 Å². The van der Waals surface area contributed by atoms with E-state index in [1.807, 2.05) is 6.92 Å². The molecule has 134 valence electrons. The SMILES string of the molecule is C[C@H](Sc1nnc2c(Cl)cc(Cl)cn12)C(=O)NCCC1=CCCCC1. The van der Waals surface area contributed by atoms with Crippen LogP contribution in [0.5, 0.6) is 0 Å². The van der Waals surface area contributed by atoms with Crippen LogP contribution in [-0.2, 0) is 4.79 Å². The highest BCUT2D eigenvalue weighted by Gasteiger charge is 2.19. The van der Waals surface area contributed by atoms with Crippen molar-refractivity contribution in [3.05, 3.63) is 34.0 Å². The van der Waals surface area contributed by atoms with Crippen molar-refractivity contribution in [3.63, 3.8) is 0 Å². The first kappa shape index (κ1) is 18.5. The van der Waals surface area contributed by atoms with Gasteiger partial charge in [-0.15, -0.1) is 10.2 Å². The molecule has 1 amide bonds. The first-order valence-corrected chi connectivity index (χ1v) is 10.00. The van der Waals surface area contributed by atoms with E-state index in [0.717, 1.165) is 12.8 Å². The van der Waals surface area contributed by atoms with Crippen LogP contribution in [-0.4, -0.2) is 32.3 Å². The molecule has 0 aliphatic heterocycles. The number of fused-ring (bicyclic) bond motifs is 1. The number of allylic oxidation sites excluding steroid dienone is 1. The summed E-state index contributed by atoms with van der Waals surface area (Å²) in [7, 11) is 0. The monoisotopic (exact) mass is 398 g/mol. The van der Waals surface area contributed by atoms with Crippen LogP contribution in [0, 0.1) is 0 Å². The molecule has 1 aliphatic carbocycles. The van der Waals surface area contributed by atoms with Gasteiger partial charge in [-0.1, -0.05) is 46.6 Å². The predicted molar refractivity (Wildman–Crippen MR) is 103 cm³/mol. The quantitative estimate of drug-likeness (QED) is 0.573. The molecule has 1 atom stereocenters. The molecule has 0 fully saturated rings. The number of rotatable bonds is 6. The lowest BCUT2D eigenvalue weighted by molar-refractivity contribution is -0.120. The van der Waals surface area contributed by atoms with Gasteiger partial charge in [-0.25, -0.2) is 0 Å². The second-order valence-electron chi connectivity index (χ2n) is 6.09. The smallest absolute Gasteiger partial charge is 0.233 e. The van der Waals surface area contributed by atoms with Gasteiger partial charge in [0.05, 0.1) is 15.3 Å². The van der Waals surface area contributed by atoms with Crippen molar-refractivity contribution in [1.29, 1.82) is 0 Å². The highest BCUT2D eigenvalue weighted by Crippen LogP contribution is 2.27. The zero-order valence-corrected chi connectivity index (χ0v) is 16.3. The van der Waals surface area contributed by atoms with Crippen LogP contribution in [0.1, 0.15) is 39.0 Å². The van der Waals surface area contributed by atoms with Gasteiger partial charge in [0.2, 0.25) is 5.91 Å². The summed E-state index contributed by atoms with van der Waals surface area (Å²) < 4.78 is 1.71. The second kappa shape index (κ2) is 8.43. The molecule has 0 radical (unpaired) electrons. The van der Waals surface area contributed by atoms with Crippen LogP contribution < -0.4 is 5.32 Å². The Kier molecular flexibility index (Phi) is 6.25. The molecule has 3 rings (SSSR count). The zero-order chi connectivity index (χ0) is 17.8. The van der Waals surface area contributed by atoms with Gasteiger partial charge in [0.25, 0.3) is 0 Å². The van der Waals surface area contributed by atoms with E-state index < -0.39 is 0 Å². The number of carbonyl (C=O) groups excluding carboxylic acids is 1. The molecule has 2 aromatic heterocycles. The summed E-state index contributed by atoms with van der Waals surface area (Å²) in [5, 5.41) is 12.4. The van der Waals surface area contributed by atoms with Crippen molar-refractivity contribution in [2.45, 2.75) is 49.4 Å². The molecule has 1 N–H and O–H groups in total. The summed E-state index contributed by atoms with van der Waals surface area (Å²) in [6.07, 6.45) is 9.81. The number of pyridine rings is 1. The molecule has 25 heavy (non-hydrogen) atoms. The van der Waals surface area contributed by atoms with Gasteiger partial charge in [0, 0.05) is 12.7 Å². The Labute approximate surface area is 161 Å². The van der Waals surface area contributed by atoms with E-state index in [4.69, 9.17) is 23.2 Å². The molecule has 0 unspecified atom stereocenters. The number of nitrogens with zero attached hydrogens (tertiary/aromatic N) is 3. The average molecular weight is 399 g/mol. The molecular formula is C17H20Cl2N4OS. The molecule has 0 saturated heterocycles. The van der Waals surface area contributed by atoms with Gasteiger partial charge in [0.1, 0.15) is 0 Å². The van der Waals surface area contributed by atoms with Crippen LogP contribution in [0.3, 0.4) is 0 Å². The predicted octanol–water partition coefficient (Wildman–Crippen LogP) is 4.52. The minimum Gasteiger partial charge on any atom is -0.355 e. The summed E-state index contributed by atoms with van der Waals surface area (Å²) in [5.41, 5.74) is 1.99. The summed E-state index contributed by atoms with van der Waals surface area (Å²) in [6, 6.07) is 1.62. The van der Waals surface area contributed by atoms with Crippen LogP contribution in [0.25, 0.3) is 5.65 Å². The average Bonchev–Trinajstić information content (AvgIpc) is 2.98. The maximum atomic E-state index is 12.3. The van der Waals surface area contributed by atoms with Crippen LogP contribution in [0.2, 0.25) is 10.0 Å².